The number of benzene rings is 2. The molecule has 2 aromatic carbocycles. The van der Waals surface area contributed by atoms with Crippen LogP contribution in [0.15, 0.2) is 60.7 Å². The van der Waals surface area contributed by atoms with Crippen molar-refractivity contribution in [2.45, 2.75) is 51.4 Å². The summed E-state index contributed by atoms with van der Waals surface area (Å²) in [6.07, 6.45) is 7.32. The van der Waals surface area contributed by atoms with Crippen molar-refractivity contribution in [3.8, 4) is 0 Å². The predicted octanol–water partition coefficient (Wildman–Crippen LogP) is 6.52. The Hall–Kier alpha value is -2.08. The Balaban J connectivity index is 1.65. The lowest BCUT2D eigenvalue weighted by Crippen LogP contribution is -2.24. The first kappa shape index (κ1) is 15.4. The summed E-state index contributed by atoms with van der Waals surface area (Å²) in [5.41, 5.74) is 9.03. The molecule has 0 radical (unpaired) electrons. The van der Waals surface area contributed by atoms with Gasteiger partial charge in [-0.25, -0.2) is 0 Å². The molecule has 2 aliphatic carbocycles. The Bertz CT molecular complexity index is 794. The number of hydrogen-bond acceptors (Lipinski definition) is 0. The summed E-state index contributed by atoms with van der Waals surface area (Å²) >= 11 is 0. The minimum Gasteiger partial charge on any atom is -0.0706 e. The lowest BCUT2D eigenvalue weighted by molar-refractivity contribution is 0.438. The Morgan fingerprint density at radius 1 is 0.625 bits per heavy atom. The first-order valence-corrected chi connectivity index (χ1v) is 9.02. The highest BCUT2D eigenvalue weighted by Gasteiger charge is 2.37. The molecule has 24 heavy (non-hydrogen) atoms. The largest absolute Gasteiger partial charge is 0.0706 e. The van der Waals surface area contributed by atoms with Gasteiger partial charge in [0.1, 0.15) is 0 Å². The van der Waals surface area contributed by atoms with Gasteiger partial charge >= 0.3 is 0 Å². The summed E-state index contributed by atoms with van der Waals surface area (Å²) in [5, 5.41) is 0. The number of rotatable bonds is 3. The first-order chi connectivity index (χ1) is 11.4. The van der Waals surface area contributed by atoms with Crippen LogP contribution in [-0.4, -0.2) is 0 Å². The van der Waals surface area contributed by atoms with E-state index in [9.17, 15) is 0 Å². The molecule has 0 heterocycles. The van der Waals surface area contributed by atoms with Gasteiger partial charge in [0.05, 0.1) is 0 Å². The van der Waals surface area contributed by atoms with E-state index in [1.54, 1.807) is 0 Å². The third kappa shape index (κ3) is 2.20. The molecule has 2 aromatic rings. The molecule has 122 valence electrons. The second kappa shape index (κ2) is 5.21. The molecule has 0 spiro atoms. The molecule has 0 N–H and O–H groups in total. The molecule has 0 saturated heterocycles. The lowest BCUT2D eigenvalue weighted by Gasteiger charge is -2.31. The summed E-state index contributed by atoms with van der Waals surface area (Å²) in [6.45, 7) is 9.31. The van der Waals surface area contributed by atoms with Crippen LogP contribution in [0, 0.1) is 0 Å². The third-order valence-electron chi connectivity index (χ3n) is 6.17. The van der Waals surface area contributed by atoms with E-state index in [4.69, 9.17) is 0 Å². The van der Waals surface area contributed by atoms with E-state index < -0.39 is 0 Å². The Morgan fingerprint density at radius 3 is 1.42 bits per heavy atom. The summed E-state index contributed by atoms with van der Waals surface area (Å²) in [5.74, 6) is 0. The van der Waals surface area contributed by atoms with Gasteiger partial charge in [0, 0.05) is 10.8 Å². The fraction of sp³-hybridized carbons (Fsp3) is 0.333. The SMILES string of the molecule is CC1=CC(C)(CCC2(C)C=C(C)c3ccccc32)c2ccccc21. The Kier molecular flexibility index (Phi) is 3.35. The van der Waals surface area contributed by atoms with Gasteiger partial charge in [-0.3, -0.25) is 0 Å². The Labute approximate surface area is 145 Å². The van der Waals surface area contributed by atoms with Crippen molar-refractivity contribution in [2.24, 2.45) is 0 Å². The van der Waals surface area contributed by atoms with Gasteiger partial charge in [-0.05, 0) is 60.1 Å². The van der Waals surface area contributed by atoms with Gasteiger partial charge in [0.25, 0.3) is 0 Å². The first-order valence-electron chi connectivity index (χ1n) is 9.02. The number of fused-ring (bicyclic) bond motifs is 2. The fourth-order valence-corrected chi connectivity index (χ4v) is 4.85. The van der Waals surface area contributed by atoms with Crippen LogP contribution < -0.4 is 0 Å². The topological polar surface area (TPSA) is 0 Å². The average molecular weight is 314 g/mol. The Morgan fingerprint density at radius 2 is 1.00 bits per heavy atom. The summed E-state index contributed by atoms with van der Waals surface area (Å²) in [4.78, 5) is 0. The minimum absolute atomic E-state index is 0.156. The molecule has 0 aliphatic heterocycles. The molecule has 0 amide bonds. The van der Waals surface area contributed by atoms with Gasteiger partial charge in [-0.15, -0.1) is 0 Å². The molecule has 4 rings (SSSR count). The van der Waals surface area contributed by atoms with Gasteiger partial charge < -0.3 is 0 Å². The molecule has 0 fully saturated rings. The molecule has 0 bridgehead atoms. The summed E-state index contributed by atoms with van der Waals surface area (Å²) in [7, 11) is 0. The minimum atomic E-state index is 0.156. The van der Waals surface area contributed by atoms with Crippen LogP contribution in [0.1, 0.15) is 62.8 Å². The summed E-state index contributed by atoms with van der Waals surface area (Å²) < 4.78 is 0. The highest BCUT2D eigenvalue weighted by atomic mass is 14.4. The van der Waals surface area contributed by atoms with Gasteiger partial charge in [0.2, 0.25) is 0 Å². The zero-order valence-corrected chi connectivity index (χ0v) is 15.2. The molecular weight excluding hydrogens is 288 g/mol. The fourth-order valence-electron chi connectivity index (χ4n) is 4.85. The van der Waals surface area contributed by atoms with Crippen LogP contribution in [0.3, 0.4) is 0 Å². The maximum Gasteiger partial charge on any atom is 0.0116 e. The second-order valence-corrected chi connectivity index (χ2v) is 8.08. The van der Waals surface area contributed by atoms with E-state index >= 15 is 0 Å². The van der Waals surface area contributed by atoms with Gasteiger partial charge in [-0.2, -0.15) is 0 Å². The van der Waals surface area contributed by atoms with E-state index in [1.807, 2.05) is 0 Å². The van der Waals surface area contributed by atoms with E-state index in [-0.39, 0.29) is 10.8 Å². The number of allylic oxidation sites excluding steroid dienone is 4. The van der Waals surface area contributed by atoms with Crippen LogP contribution in [0.25, 0.3) is 11.1 Å². The van der Waals surface area contributed by atoms with E-state index in [0.717, 1.165) is 0 Å². The highest BCUT2D eigenvalue weighted by Crippen LogP contribution is 2.48. The maximum atomic E-state index is 2.48. The molecule has 2 atom stereocenters. The molecule has 0 saturated carbocycles. The summed E-state index contributed by atoms with van der Waals surface area (Å²) in [6, 6.07) is 17.8. The van der Waals surface area contributed by atoms with Crippen LogP contribution in [0.2, 0.25) is 0 Å². The average Bonchev–Trinajstić information content (AvgIpc) is 3.00. The zero-order valence-electron chi connectivity index (χ0n) is 15.2. The van der Waals surface area contributed by atoms with Gasteiger partial charge in [-0.1, -0.05) is 74.5 Å². The molecular formula is C24H26. The normalized spacial score (nSPS) is 27.5. The predicted molar refractivity (Wildman–Crippen MR) is 104 cm³/mol. The van der Waals surface area contributed by atoms with Crippen molar-refractivity contribution >= 4 is 11.1 Å². The van der Waals surface area contributed by atoms with E-state index in [1.165, 1.54) is 46.2 Å². The highest BCUT2D eigenvalue weighted by molar-refractivity contribution is 5.76. The van der Waals surface area contributed by atoms with Crippen molar-refractivity contribution < 1.29 is 0 Å². The lowest BCUT2D eigenvalue weighted by atomic mass is 9.73. The van der Waals surface area contributed by atoms with Crippen LogP contribution in [-0.2, 0) is 10.8 Å². The monoisotopic (exact) mass is 314 g/mol. The van der Waals surface area contributed by atoms with E-state index in [2.05, 4.69) is 88.4 Å². The van der Waals surface area contributed by atoms with Crippen LogP contribution in [0.4, 0.5) is 0 Å². The standard InChI is InChI=1S/C24H26/c1-17-15-23(3,21-11-7-5-9-19(17)21)13-14-24(4)16-18(2)20-10-6-8-12-22(20)24/h5-12,15-16H,13-14H2,1-4H3. The molecule has 0 aromatic heterocycles. The molecule has 2 unspecified atom stereocenters. The molecule has 0 heteroatoms. The van der Waals surface area contributed by atoms with Crippen LogP contribution >= 0.6 is 0 Å². The smallest absolute Gasteiger partial charge is 0.0116 e. The second-order valence-electron chi connectivity index (χ2n) is 8.08. The number of hydrogen-bond donors (Lipinski definition) is 0. The van der Waals surface area contributed by atoms with Crippen LogP contribution in [0.5, 0.6) is 0 Å². The quantitative estimate of drug-likeness (QED) is 0.605. The van der Waals surface area contributed by atoms with Gasteiger partial charge in [0.15, 0.2) is 0 Å². The van der Waals surface area contributed by atoms with Crippen molar-refractivity contribution in [1.29, 1.82) is 0 Å². The van der Waals surface area contributed by atoms with E-state index in [0.29, 0.717) is 0 Å². The molecule has 0 nitrogen and oxygen atoms in total. The zero-order chi connectivity index (χ0) is 16.9. The third-order valence-corrected chi connectivity index (χ3v) is 6.17. The molecule has 2 aliphatic rings. The maximum absolute atomic E-state index is 2.48. The van der Waals surface area contributed by atoms with Crippen molar-refractivity contribution in [3.63, 3.8) is 0 Å². The van der Waals surface area contributed by atoms with Crippen molar-refractivity contribution in [2.75, 3.05) is 0 Å². The van der Waals surface area contributed by atoms with Crippen molar-refractivity contribution in [1.82, 2.24) is 0 Å². The van der Waals surface area contributed by atoms with Crippen molar-refractivity contribution in [3.05, 3.63) is 82.9 Å².